The van der Waals surface area contributed by atoms with Crippen LogP contribution in [-0.2, 0) is 14.3 Å². The molecule has 0 saturated carbocycles. The second-order valence-electron chi connectivity index (χ2n) is 5.39. The summed E-state index contributed by atoms with van der Waals surface area (Å²) in [6.07, 6.45) is 0. The molecule has 0 bridgehead atoms. The Morgan fingerprint density at radius 3 is 2.19 bits per heavy atom. The number of esters is 2. The number of carbonyl (C=O) groups is 3. The van der Waals surface area contributed by atoms with Crippen molar-refractivity contribution in [1.29, 1.82) is 0 Å². The third kappa shape index (κ3) is 4.83. The van der Waals surface area contributed by atoms with Gasteiger partial charge in [0.1, 0.15) is 5.75 Å². The van der Waals surface area contributed by atoms with Crippen LogP contribution in [-0.4, -0.2) is 38.7 Å². The van der Waals surface area contributed by atoms with Crippen molar-refractivity contribution in [2.75, 3.05) is 26.1 Å². The Bertz CT molecular complexity index is 813. The molecule has 0 saturated heterocycles. The fourth-order valence-electron chi connectivity index (χ4n) is 2.15. The second-order valence-corrected chi connectivity index (χ2v) is 5.39. The molecule has 1 amide bonds. The maximum absolute atomic E-state index is 12.2. The van der Waals surface area contributed by atoms with Gasteiger partial charge in [0.2, 0.25) is 0 Å². The Labute approximate surface area is 150 Å². The number of hydrogen-bond acceptors (Lipinski definition) is 6. The number of carbonyl (C=O) groups excluding carboxylic acids is 3. The lowest BCUT2D eigenvalue weighted by Crippen LogP contribution is -2.22. The highest BCUT2D eigenvalue weighted by Gasteiger charge is 2.17. The Morgan fingerprint density at radius 2 is 1.58 bits per heavy atom. The molecule has 136 valence electrons. The molecule has 2 aromatic rings. The third-order valence-electron chi connectivity index (χ3n) is 3.51. The van der Waals surface area contributed by atoms with Gasteiger partial charge in [0.15, 0.2) is 6.61 Å². The van der Waals surface area contributed by atoms with E-state index in [-0.39, 0.29) is 23.4 Å². The van der Waals surface area contributed by atoms with Crippen molar-refractivity contribution < 1.29 is 28.6 Å². The van der Waals surface area contributed by atoms with Gasteiger partial charge in [-0.1, -0.05) is 17.7 Å². The summed E-state index contributed by atoms with van der Waals surface area (Å²) in [5.74, 6) is -1.18. The summed E-state index contributed by atoms with van der Waals surface area (Å²) in [6, 6.07) is 11.4. The normalized spacial score (nSPS) is 9.96. The number of nitrogens with one attached hydrogen (secondary N) is 1. The van der Waals surface area contributed by atoms with E-state index in [1.54, 1.807) is 12.1 Å². The standard InChI is InChI=1S/C19H19NO6/c1-12-4-7-14(8-5-12)26-11-17(21)20-16-10-13(18(22)24-2)6-9-15(16)19(23)25-3/h4-10H,11H2,1-3H3,(H,20,21). The highest BCUT2D eigenvalue weighted by atomic mass is 16.5. The summed E-state index contributed by atoms with van der Waals surface area (Å²) in [5, 5.41) is 2.55. The number of benzene rings is 2. The van der Waals surface area contributed by atoms with E-state index in [0.29, 0.717) is 5.75 Å². The molecular formula is C19H19NO6. The van der Waals surface area contributed by atoms with Gasteiger partial charge in [-0.2, -0.15) is 0 Å². The Kier molecular flexibility index (Phi) is 6.32. The molecule has 0 unspecified atom stereocenters. The highest BCUT2D eigenvalue weighted by molar-refractivity contribution is 6.03. The fourth-order valence-corrected chi connectivity index (χ4v) is 2.15. The maximum Gasteiger partial charge on any atom is 0.339 e. The average molecular weight is 357 g/mol. The van der Waals surface area contributed by atoms with Crippen molar-refractivity contribution in [3.05, 3.63) is 59.2 Å². The first kappa shape index (κ1) is 19.0. The van der Waals surface area contributed by atoms with Gasteiger partial charge in [0.25, 0.3) is 5.91 Å². The third-order valence-corrected chi connectivity index (χ3v) is 3.51. The van der Waals surface area contributed by atoms with Crippen LogP contribution in [0.2, 0.25) is 0 Å². The monoisotopic (exact) mass is 357 g/mol. The smallest absolute Gasteiger partial charge is 0.339 e. The van der Waals surface area contributed by atoms with E-state index in [9.17, 15) is 14.4 Å². The van der Waals surface area contributed by atoms with Crippen LogP contribution in [0.1, 0.15) is 26.3 Å². The zero-order valence-electron chi connectivity index (χ0n) is 14.7. The molecule has 7 heteroatoms. The molecule has 0 heterocycles. The van der Waals surface area contributed by atoms with E-state index in [2.05, 4.69) is 14.8 Å². The number of amides is 1. The fraction of sp³-hybridized carbons (Fsp3) is 0.211. The minimum Gasteiger partial charge on any atom is -0.484 e. The van der Waals surface area contributed by atoms with E-state index < -0.39 is 17.8 Å². The van der Waals surface area contributed by atoms with E-state index in [0.717, 1.165) is 5.56 Å². The highest BCUT2D eigenvalue weighted by Crippen LogP contribution is 2.20. The zero-order valence-corrected chi connectivity index (χ0v) is 14.7. The number of hydrogen-bond donors (Lipinski definition) is 1. The molecule has 0 aliphatic carbocycles. The van der Waals surface area contributed by atoms with Crippen LogP contribution < -0.4 is 10.1 Å². The molecule has 26 heavy (non-hydrogen) atoms. The van der Waals surface area contributed by atoms with Crippen LogP contribution in [0.15, 0.2) is 42.5 Å². The van der Waals surface area contributed by atoms with Gasteiger partial charge in [0.05, 0.1) is 31.0 Å². The van der Waals surface area contributed by atoms with Gasteiger partial charge in [-0.25, -0.2) is 9.59 Å². The molecule has 2 rings (SSSR count). The van der Waals surface area contributed by atoms with Crippen LogP contribution in [0.5, 0.6) is 5.75 Å². The largest absolute Gasteiger partial charge is 0.484 e. The minimum absolute atomic E-state index is 0.115. The zero-order chi connectivity index (χ0) is 19.1. The lowest BCUT2D eigenvalue weighted by Gasteiger charge is -2.12. The van der Waals surface area contributed by atoms with Crippen molar-refractivity contribution in [1.82, 2.24) is 0 Å². The van der Waals surface area contributed by atoms with E-state index in [1.807, 2.05) is 19.1 Å². The first-order valence-corrected chi connectivity index (χ1v) is 7.74. The summed E-state index contributed by atoms with van der Waals surface area (Å²) in [7, 11) is 2.47. The Morgan fingerprint density at radius 1 is 0.923 bits per heavy atom. The van der Waals surface area contributed by atoms with Crippen molar-refractivity contribution >= 4 is 23.5 Å². The van der Waals surface area contributed by atoms with Crippen molar-refractivity contribution in [3.63, 3.8) is 0 Å². The molecule has 1 N–H and O–H groups in total. The summed E-state index contributed by atoms with van der Waals surface area (Å²) < 4.78 is 14.7. The number of methoxy groups -OCH3 is 2. The molecule has 0 aliphatic heterocycles. The Balaban J connectivity index is 2.14. The van der Waals surface area contributed by atoms with Gasteiger partial charge in [-0.15, -0.1) is 0 Å². The summed E-state index contributed by atoms with van der Waals surface area (Å²) in [5.41, 5.74) is 1.51. The molecule has 0 spiro atoms. The van der Waals surface area contributed by atoms with Crippen molar-refractivity contribution in [3.8, 4) is 5.75 Å². The van der Waals surface area contributed by atoms with Crippen LogP contribution in [0.4, 0.5) is 5.69 Å². The SMILES string of the molecule is COC(=O)c1ccc(C(=O)OC)c(NC(=O)COc2ccc(C)cc2)c1. The molecule has 2 aromatic carbocycles. The summed E-state index contributed by atoms with van der Waals surface area (Å²) >= 11 is 0. The van der Waals surface area contributed by atoms with E-state index in [1.165, 1.54) is 32.4 Å². The lowest BCUT2D eigenvalue weighted by atomic mass is 10.1. The molecule has 7 nitrogen and oxygen atoms in total. The van der Waals surface area contributed by atoms with Crippen LogP contribution >= 0.6 is 0 Å². The number of aryl methyl sites for hydroxylation is 1. The molecule has 0 aliphatic rings. The second kappa shape index (κ2) is 8.66. The molecular weight excluding hydrogens is 338 g/mol. The predicted octanol–water partition coefficient (Wildman–Crippen LogP) is 2.59. The van der Waals surface area contributed by atoms with Gasteiger partial charge in [0, 0.05) is 0 Å². The van der Waals surface area contributed by atoms with E-state index in [4.69, 9.17) is 4.74 Å². The van der Waals surface area contributed by atoms with Gasteiger partial charge < -0.3 is 19.5 Å². The first-order valence-electron chi connectivity index (χ1n) is 7.74. The lowest BCUT2D eigenvalue weighted by molar-refractivity contribution is -0.118. The molecule has 0 fully saturated rings. The minimum atomic E-state index is -0.642. The van der Waals surface area contributed by atoms with Crippen LogP contribution in [0, 0.1) is 6.92 Å². The molecule has 0 aromatic heterocycles. The number of ether oxygens (including phenoxy) is 3. The van der Waals surface area contributed by atoms with Crippen LogP contribution in [0.3, 0.4) is 0 Å². The maximum atomic E-state index is 12.2. The van der Waals surface area contributed by atoms with Crippen LogP contribution in [0.25, 0.3) is 0 Å². The van der Waals surface area contributed by atoms with Crippen molar-refractivity contribution in [2.24, 2.45) is 0 Å². The van der Waals surface area contributed by atoms with E-state index >= 15 is 0 Å². The van der Waals surface area contributed by atoms with Gasteiger partial charge in [-0.05, 0) is 37.3 Å². The number of anilines is 1. The Hall–Kier alpha value is -3.35. The molecule has 0 radical (unpaired) electrons. The topological polar surface area (TPSA) is 90.9 Å². The van der Waals surface area contributed by atoms with Gasteiger partial charge >= 0.3 is 11.9 Å². The predicted molar refractivity (Wildman–Crippen MR) is 94.4 cm³/mol. The summed E-state index contributed by atoms with van der Waals surface area (Å²) in [6.45, 7) is 1.69. The van der Waals surface area contributed by atoms with Gasteiger partial charge in [-0.3, -0.25) is 4.79 Å². The van der Waals surface area contributed by atoms with Crippen molar-refractivity contribution in [2.45, 2.75) is 6.92 Å². The average Bonchev–Trinajstić information content (AvgIpc) is 2.66. The quantitative estimate of drug-likeness (QED) is 0.799. The summed E-state index contributed by atoms with van der Waals surface area (Å²) in [4.78, 5) is 35.7. The number of rotatable bonds is 6. The molecule has 0 atom stereocenters. The first-order chi connectivity index (χ1) is 12.4.